The molecular formula is C10H7N5O. The minimum atomic E-state index is -0.400. The van der Waals surface area contributed by atoms with Gasteiger partial charge in [0.05, 0.1) is 5.52 Å². The molecule has 1 aromatic carbocycles. The summed E-state index contributed by atoms with van der Waals surface area (Å²) < 4.78 is 0.895. The van der Waals surface area contributed by atoms with E-state index in [1.165, 1.54) is 6.33 Å². The van der Waals surface area contributed by atoms with Crippen LogP contribution in [0.4, 0.5) is 0 Å². The summed E-state index contributed by atoms with van der Waals surface area (Å²) in [6, 6.07) is 7.38. The molecule has 0 atom stereocenters. The van der Waals surface area contributed by atoms with E-state index in [-0.39, 0.29) is 5.52 Å². The first-order chi connectivity index (χ1) is 7.77. The lowest BCUT2D eigenvalue weighted by Gasteiger charge is -2.01. The minimum Gasteiger partial charge on any atom is -0.335 e. The van der Waals surface area contributed by atoms with Crippen molar-refractivity contribution in [2.45, 2.75) is 0 Å². The summed E-state index contributed by atoms with van der Waals surface area (Å²) in [5.74, 6) is 5.40. The molecule has 0 amide bonds. The standard InChI is InChI=1S/C10H7N5O/c11-15-5-12-8-6-3-1-2-4-7(6)13-14-9(8)10(15)16/h1-5H,11H2. The summed E-state index contributed by atoms with van der Waals surface area (Å²) in [7, 11) is 0. The molecule has 6 heteroatoms. The zero-order valence-corrected chi connectivity index (χ0v) is 8.16. The van der Waals surface area contributed by atoms with Crippen molar-refractivity contribution in [2.75, 3.05) is 5.84 Å². The van der Waals surface area contributed by atoms with Gasteiger partial charge in [0, 0.05) is 5.39 Å². The van der Waals surface area contributed by atoms with Crippen molar-refractivity contribution >= 4 is 21.9 Å². The van der Waals surface area contributed by atoms with Gasteiger partial charge in [-0.2, -0.15) is 0 Å². The molecule has 0 fully saturated rings. The first kappa shape index (κ1) is 8.78. The number of fused-ring (bicyclic) bond motifs is 3. The summed E-state index contributed by atoms with van der Waals surface area (Å²) in [6.07, 6.45) is 1.28. The first-order valence-corrected chi connectivity index (χ1v) is 4.65. The highest BCUT2D eigenvalue weighted by atomic mass is 16.1. The topological polar surface area (TPSA) is 86.7 Å². The predicted molar refractivity (Wildman–Crippen MR) is 59.2 cm³/mol. The van der Waals surface area contributed by atoms with Gasteiger partial charge in [-0.15, -0.1) is 10.2 Å². The number of hydrogen-bond donors (Lipinski definition) is 1. The van der Waals surface area contributed by atoms with Gasteiger partial charge in [0.1, 0.15) is 11.8 Å². The van der Waals surface area contributed by atoms with Gasteiger partial charge in [-0.1, -0.05) is 18.2 Å². The van der Waals surface area contributed by atoms with E-state index in [1.807, 2.05) is 24.3 Å². The minimum absolute atomic E-state index is 0.184. The second-order valence-electron chi connectivity index (χ2n) is 3.37. The molecule has 3 aromatic rings. The molecule has 2 heterocycles. The van der Waals surface area contributed by atoms with E-state index < -0.39 is 5.56 Å². The Labute approximate surface area is 89.3 Å². The van der Waals surface area contributed by atoms with E-state index in [0.717, 1.165) is 10.1 Å². The SMILES string of the molecule is Nn1cnc2c(nnc3ccccc32)c1=O. The highest BCUT2D eigenvalue weighted by Gasteiger charge is 2.08. The van der Waals surface area contributed by atoms with Gasteiger partial charge in [-0.25, -0.2) is 9.66 Å². The number of rotatable bonds is 0. The Kier molecular flexibility index (Phi) is 1.64. The first-order valence-electron chi connectivity index (χ1n) is 4.65. The van der Waals surface area contributed by atoms with Crippen LogP contribution in [0.5, 0.6) is 0 Å². The number of nitrogens with zero attached hydrogens (tertiary/aromatic N) is 4. The molecule has 0 unspecified atom stereocenters. The number of aromatic nitrogens is 4. The monoisotopic (exact) mass is 213 g/mol. The Morgan fingerprint density at radius 3 is 2.81 bits per heavy atom. The Morgan fingerprint density at radius 1 is 1.12 bits per heavy atom. The fourth-order valence-corrected chi connectivity index (χ4v) is 1.61. The van der Waals surface area contributed by atoms with E-state index in [9.17, 15) is 4.79 Å². The van der Waals surface area contributed by atoms with E-state index in [2.05, 4.69) is 15.2 Å². The maximum absolute atomic E-state index is 11.7. The van der Waals surface area contributed by atoms with Gasteiger partial charge in [-0.3, -0.25) is 4.79 Å². The highest BCUT2D eigenvalue weighted by molar-refractivity contribution is 6.00. The number of benzene rings is 1. The molecule has 6 nitrogen and oxygen atoms in total. The van der Waals surface area contributed by atoms with Gasteiger partial charge in [0.15, 0.2) is 5.52 Å². The van der Waals surface area contributed by atoms with Crippen molar-refractivity contribution in [1.29, 1.82) is 0 Å². The molecule has 2 N–H and O–H groups in total. The van der Waals surface area contributed by atoms with Gasteiger partial charge >= 0.3 is 0 Å². The average Bonchev–Trinajstić information content (AvgIpc) is 2.33. The molecule has 0 aliphatic carbocycles. The number of nitrogen functional groups attached to an aromatic ring is 1. The van der Waals surface area contributed by atoms with Crippen LogP contribution >= 0.6 is 0 Å². The van der Waals surface area contributed by atoms with E-state index >= 15 is 0 Å². The second kappa shape index (κ2) is 2.99. The lowest BCUT2D eigenvalue weighted by molar-refractivity contribution is 0.901. The molecule has 0 saturated heterocycles. The van der Waals surface area contributed by atoms with Crippen molar-refractivity contribution in [1.82, 2.24) is 19.9 Å². The lowest BCUT2D eigenvalue weighted by atomic mass is 10.2. The third-order valence-corrected chi connectivity index (χ3v) is 2.39. The van der Waals surface area contributed by atoms with Gasteiger partial charge in [0.2, 0.25) is 0 Å². The summed E-state index contributed by atoms with van der Waals surface area (Å²) >= 11 is 0. The molecule has 0 saturated carbocycles. The largest absolute Gasteiger partial charge is 0.335 e. The molecule has 0 aliphatic rings. The fourth-order valence-electron chi connectivity index (χ4n) is 1.61. The smallest absolute Gasteiger partial charge is 0.300 e. The van der Waals surface area contributed by atoms with Crippen LogP contribution in [0.1, 0.15) is 0 Å². The Balaban J connectivity index is 2.63. The van der Waals surface area contributed by atoms with Crippen LogP contribution < -0.4 is 11.4 Å². The third-order valence-electron chi connectivity index (χ3n) is 2.39. The normalized spacial score (nSPS) is 11.0. The van der Waals surface area contributed by atoms with Crippen molar-refractivity contribution < 1.29 is 0 Å². The van der Waals surface area contributed by atoms with E-state index in [1.54, 1.807) is 0 Å². The van der Waals surface area contributed by atoms with Gasteiger partial charge < -0.3 is 5.84 Å². The van der Waals surface area contributed by atoms with Crippen LogP contribution in [0, 0.1) is 0 Å². The quantitative estimate of drug-likeness (QED) is 0.421. The van der Waals surface area contributed by atoms with Crippen LogP contribution in [0.2, 0.25) is 0 Å². The van der Waals surface area contributed by atoms with Gasteiger partial charge in [-0.05, 0) is 6.07 Å². The lowest BCUT2D eigenvalue weighted by Crippen LogP contribution is -2.27. The fraction of sp³-hybridized carbons (Fsp3) is 0. The molecular weight excluding hydrogens is 206 g/mol. The maximum Gasteiger partial charge on any atom is 0.300 e. The Bertz CT molecular complexity index is 749. The van der Waals surface area contributed by atoms with Crippen LogP contribution in [0.3, 0.4) is 0 Å². The van der Waals surface area contributed by atoms with Crippen molar-refractivity contribution in [3.63, 3.8) is 0 Å². The molecule has 2 aromatic heterocycles. The van der Waals surface area contributed by atoms with Crippen LogP contribution in [0.25, 0.3) is 21.9 Å². The number of hydrogen-bond acceptors (Lipinski definition) is 5. The highest BCUT2D eigenvalue weighted by Crippen LogP contribution is 2.16. The second-order valence-corrected chi connectivity index (χ2v) is 3.37. The van der Waals surface area contributed by atoms with Crippen molar-refractivity contribution in [2.24, 2.45) is 0 Å². The van der Waals surface area contributed by atoms with Crippen molar-refractivity contribution in [3.8, 4) is 0 Å². The molecule has 0 aliphatic heterocycles. The molecule has 3 rings (SSSR count). The number of nitrogens with two attached hydrogens (primary N) is 1. The maximum atomic E-state index is 11.7. The molecule has 0 radical (unpaired) electrons. The summed E-state index contributed by atoms with van der Waals surface area (Å²) in [5, 5.41) is 8.59. The molecule has 0 spiro atoms. The van der Waals surface area contributed by atoms with Crippen LogP contribution in [0.15, 0.2) is 35.4 Å². The van der Waals surface area contributed by atoms with Crippen LogP contribution in [-0.4, -0.2) is 19.9 Å². The molecule has 78 valence electrons. The summed E-state index contributed by atoms with van der Waals surface area (Å²) in [6.45, 7) is 0. The Hall–Kier alpha value is -2.50. The Morgan fingerprint density at radius 2 is 1.94 bits per heavy atom. The summed E-state index contributed by atoms with van der Waals surface area (Å²) in [4.78, 5) is 15.8. The predicted octanol–water partition coefficient (Wildman–Crippen LogP) is 0.0535. The third kappa shape index (κ3) is 1.07. The molecule has 0 bridgehead atoms. The average molecular weight is 213 g/mol. The van der Waals surface area contributed by atoms with Crippen molar-refractivity contribution in [3.05, 3.63) is 40.9 Å². The summed E-state index contributed by atoms with van der Waals surface area (Å²) in [5.41, 5.74) is 1.01. The van der Waals surface area contributed by atoms with E-state index in [4.69, 9.17) is 5.84 Å². The van der Waals surface area contributed by atoms with E-state index in [0.29, 0.717) is 11.0 Å². The molecule has 16 heavy (non-hydrogen) atoms. The van der Waals surface area contributed by atoms with Gasteiger partial charge in [0.25, 0.3) is 5.56 Å². The zero-order chi connectivity index (χ0) is 11.1. The van der Waals surface area contributed by atoms with Crippen LogP contribution in [-0.2, 0) is 0 Å². The zero-order valence-electron chi connectivity index (χ0n) is 8.16.